The summed E-state index contributed by atoms with van der Waals surface area (Å²) in [5.41, 5.74) is 1.95. The first-order valence-electron chi connectivity index (χ1n) is 9.17. The van der Waals surface area contributed by atoms with Gasteiger partial charge in [-0.2, -0.15) is 0 Å². The fraction of sp³-hybridized carbons (Fsp3) is 0.227. The molecule has 3 aromatic rings. The molecule has 0 spiro atoms. The van der Waals surface area contributed by atoms with Crippen LogP contribution in [0.4, 0.5) is 5.69 Å². The molecule has 1 fully saturated rings. The number of carbonyl (C=O) groups is 2. The molecule has 0 radical (unpaired) electrons. The third-order valence-corrected chi connectivity index (χ3v) is 5.02. The molecule has 0 unspecified atom stereocenters. The molecular weight excluding hydrogens is 338 g/mol. The summed E-state index contributed by atoms with van der Waals surface area (Å²) in [6.07, 6.45) is 4.45. The molecule has 1 saturated heterocycles. The van der Waals surface area contributed by atoms with E-state index in [4.69, 9.17) is 0 Å². The minimum absolute atomic E-state index is 0.0297. The molecule has 5 heteroatoms. The van der Waals surface area contributed by atoms with E-state index in [0.29, 0.717) is 25.9 Å². The minimum Gasteiger partial charge on any atom is -0.332 e. The molecule has 0 atom stereocenters. The standard InChI is InChI=1S/C22H21N3O2/c26-21(11-10-18-7-3-6-17-5-1-2-9-20(17)18)24-13-14-25(22(27)16-24)19-8-4-12-23-15-19/h1-9,12,15H,10-11,13-14,16H2. The van der Waals surface area contributed by atoms with Gasteiger partial charge >= 0.3 is 0 Å². The smallest absolute Gasteiger partial charge is 0.246 e. The van der Waals surface area contributed by atoms with E-state index in [1.807, 2.05) is 30.3 Å². The van der Waals surface area contributed by atoms with E-state index in [2.05, 4.69) is 29.2 Å². The van der Waals surface area contributed by atoms with Crippen LogP contribution in [0.25, 0.3) is 10.8 Å². The van der Waals surface area contributed by atoms with Crippen molar-refractivity contribution in [2.24, 2.45) is 0 Å². The Kier molecular flexibility index (Phi) is 4.83. The fourth-order valence-corrected chi connectivity index (χ4v) is 3.58. The second kappa shape index (κ2) is 7.58. The molecule has 4 rings (SSSR count). The Bertz CT molecular complexity index is 966. The van der Waals surface area contributed by atoms with Gasteiger partial charge in [-0.05, 0) is 34.9 Å². The Balaban J connectivity index is 1.39. The quantitative estimate of drug-likeness (QED) is 0.719. The van der Waals surface area contributed by atoms with Crippen LogP contribution in [0.15, 0.2) is 67.0 Å². The van der Waals surface area contributed by atoms with Crippen LogP contribution in [0.3, 0.4) is 0 Å². The summed E-state index contributed by atoms with van der Waals surface area (Å²) in [5, 5.41) is 2.37. The average molecular weight is 359 g/mol. The fourth-order valence-electron chi connectivity index (χ4n) is 3.58. The van der Waals surface area contributed by atoms with Gasteiger partial charge in [0.1, 0.15) is 6.54 Å². The average Bonchev–Trinajstić information content (AvgIpc) is 2.72. The van der Waals surface area contributed by atoms with Crippen LogP contribution in [0.2, 0.25) is 0 Å². The summed E-state index contributed by atoms with van der Waals surface area (Å²) in [4.78, 5) is 32.5. The minimum atomic E-state index is -0.0623. The number of hydrogen-bond acceptors (Lipinski definition) is 3. The lowest BCUT2D eigenvalue weighted by Crippen LogP contribution is -2.52. The molecule has 27 heavy (non-hydrogen) atoms. The highest BCUT2D eigenvalue weighted by atomic mass is 16.2. The van der Waals surface area contributed by atoms with Gasteiger partial charge in [0.05, 0.1) is 11.9 Å². The topological polar surface area (TPSA) is 53.5 Å². The van der Waals surface area contributed by atoms with Gasteiger partial charge in [-0.25, -0.2) is 0 Å². The number of benzene rings is 2. The number of piperazine rings is 1. The lowest BCUT2D eigenvalue weighted by atomic mass is 10.0. The zero-order valence-corrected chi connectivity index (χ0v) is 15.0. The predicted molar refractivity (Wildman–Crippen MR) is 105 cm³/mol. The van der Waals surface area contributed by atoms with E-state index in [9.17, 15) is 9.59 Å². The predicted octanol–water partition coefficient (Wildman–Crippen LogP) is 3.04. The molecule has 0 aliphatic carbocycles. The van der Waals surface area contributed by atoms with Gasteiger partial charge in [-0.15, -0.1) is 0 Å². The van der Waals surface area contributed by atoms with Crippen LogP contribution in [0, 0.1) is 0 Å². The number of aryl methyl sites for hydroxylation is 1. The molecule has 136 valence electrons. The van der Waals surface area contributed by atoms with Gasteiger partial charge in [-0.3, -0.25) is 14.6 Å². The van der Waals surface area contributed by atoms with E-state index in [-0.39, 0.29) is 18.4 Å². The van der Waals surface area contributed by atoms with Gasteiger partial charge in [-0.1, -0.05) is 42.5 Å². The van der Waals surface area contributed by atoms with E-state index in [1.54, 1.807) is 22.2 Å². The summed E-state index contributed by atoms with van der Waals surface area (Å²) >= 11 is 0. The first-order valence-corrected chi connectivity index (χ1v) is 9.17. The number of nitrogens with zero attached hydrogens (tertiary/aromatic N) is 3. The normalized spacial score (nSPS) is 14.6. The largest absolute Gasteiger partial charge is 0.332 e. The SMILES string of the molecule is O=C(CCc1cccc2ccccc12)N1CCN(c2cccnc2)C(=O)C1. The Morgan fingerprint density at radius 2 is 1.85 bits per heavy atom. The van der Waals surface area contributed by atoms with Crippen molar-refractivity contribution in [3.63, 3.8) is 0 Å². The number of pyridine rings is 1. The van der Waals surface area contributed by atoms with Crippen LogP contribution in [-0.2, 0) is 16.0 Å². The summed E-state index contributed by atoms with van der Waals surface area (Å²) in [5.74, 6) is -0.0325. The Labute approximate surface area is 158 Å². The second-order valence-corrected chi connectivity index (χ2v) is 6.71. The van der Waals surface area contributed by atoms with Crippen molar-refractivity contribution in [3.05, 3.63) is 72.6 Å². The molecule has 0 bridgehead atoms. The second-order valence-electron chi connectivity index (χ2n) is 6.71. The van der Waals surface area contributed by atoms with E-state index >= 15 is 0 Å². The maximum absolute atomic E-state index is 12.6. The highest BCUT2D eigenvalue weighted by Crippen LogP contribution is 2.21. The number of amides is 2. The van der Waals surface area contributed by atoms with Crippen molar-refractivity contribution < 1.29 is 9.59 Å². The van der Waals surface area contributed by atoms with Crippen molar-refractivity contribution in [2.45, 2.75) is 12.8 Å². The van der Waals surface area contributed by atoms with E-state index in [1.165, 1.54) is 16.3 Å². The molecule has 2 aromatic carbocycles. The van der Waals surface area contributed by atoms with Crippen LogP contribution in [0.5, 0.6) is 0 Å². The van der Waals surface area contributed by atoms with Crippen molar-refractivity contribution in [3.8, 4) is 0 Å². The number of anilines is 1. The van der Waals surface area contributed by atoms with Gasteiger partial charge in [0, 0.05) is 25.7 Å². The Morgan fingerprint density at radius 3 is 2.67 bits per heavy atom. The molecule has 0 saturated carbocycles. The van der Waals surface area contributed by atoms with Crippen LogP contribution in [0.1, 0.15) is 12.0 Å². The van der Waals surface area contributed by atoms with Gasteiger partial charge in [0.15, 0.2) is 0 Å². The third kappa shape index (κ3) is 3.67. The number of hydrogen-bond donors (Lipinski definition) is 0. The van der Waals surface area contributed by atoms with E-state index in [0.717, 1.165) is 5.69 Å². The highest BCUT2D eigenvalue weighted by Gasteiger charge is 2.27. The lowest BCUT2D eigenvalue weighted by molar-refractivity contribution is -0.136. The molecule has 1 aromatic heterocycles. The van der Waals surface area contributed by atoms with Crippen LogP contribution < -0.4 is 4.90 Å². The van der Waals surface area contributed by atoms with Gasteiger partial charge in [0.25, 0.3) is 0 Å². The molecule has 1 aliphatic rings. The summed E-state index contributed by atoms with van der Waals surface area (Å²) < 4.78 is 0. The summed E-state index contributed by atoms with van der Waals surface area (Å²) in [6.45, 7) is 1.18. The summed E-state index contributed by atoms with van der Waals surface area (Å²) in [6, 6.07) is 18.1. The first kappa shape index (κ1) is 17.2. The first-order chi connectivity index (χ1) is 13.2. The number of carbonyl (C=O) groups excluding carboxylic acids is 2. The zero-order chi connectivity index (χ0) is 18.6. The van der Waals surface area contributed by atoms with Crippen molar-refractivity contribution in [1.82, 2.24) is 9.88 Å². The Hall–Kier alpha value is -3.21. The zero-order valence-electron chi connectivity index (χ0n) is 15.0. The van der Waals surface area contributed by atoms with Crippen molar-refractivity contribution in [2.75, 3.05) is 24.5 Å². The van der Waals surface area contributed by atoms with Crippen LogP contribution >= 0.6 is 0 Å². The molecule has 1 aliphatic heterocycles. The maximum Gasteiger partial charge on any atom is 0.246 e. The summed E-state index contributed by atoms with van der Waals surface area (Å²) in [7, 11) is 0. The molecular formula is C22H21N3O2. The van der Waals surface area contributed by atoms with Crippen LogP contribution in [-0.4, -0.2) is 41.3 Å². The number of rotatable bonds is 4. The molecule has 5 nitrogen and oxygen atoms in total. The molecule has 2 heterocycles. The third-order valence-electron chi connectivity index (χ3n) is 5.02. The van der Waals surface area contributed by atoms with Crippen molar-refractivity contribution >= 4 is 28.3 Å². The number of aromatic nitrogens is 1. The monoisotopic (exact) mass is 359 g/mol. The maximum atomic E-state index is 12.6. The van der Waals surface area contributed by atoms with Gasteiger partial charge < -0.3 is 9.80 Å². The lowest BCUT2D eigenvalue weighted by Gasteiger charge is -2.34. The van der Waals surface area contributed by atoms with E-state index < -0.39 is 0 Å². The molecule has 0 N–H and O–H groups in total. The molecule has 2 amide bonds. The van der Waals surface area contributed by atoms with Crippen molar-refractivity contribution in [1.29, 1.82) is 0 Å². The number of fused-ring (bicyclic) bond motifs is 1. The van der Waals surface area contributed by atoms with Gasteiger partial charge in [0.2, 0.25) is 11.8 Å². The highest BCUT2D eigenvalue weighted by molar-refractivity contribution is 5.97. The Morgan fingerprint density at radius 1 is 1.00 bits per heavy atom.